The number of ether oxygens (including phenoxy) is 2. The van der Waals surface area contributed by atoms with Crippen molar-refractivity contribution in [3.63, 3.8) is 0 Å². The number of hydrogen-bond acceptors (Lipinski definition) is 4. The molecule has 6 nitrogen and oxygen atoms in total. The van der Waals surface area contributed by atoms with Crippen LogP contribution in [0, 0.1) is 0 Å². The Balaban J connectivity index is 1.52. The van der Waals surface area contributed by atoms with Gasteiger partial charge in [-0.3, -0.25) is 9.69 Å². The molecule has 0 spiro atoms. The molecule has 2 heterocycles. The number of nitrogens with one attached hydrogen (secondary N) is 2. The van der Waals surface area contributed by atoms with Gasteiger partial charge in [0.05, 0.1) is 31.9 Å². The lowest BCUT2D eigenvalue weighted by Gasteiger charge is -2.14. The van der Waals surface area contributed by atoms with Crippen LogP contribution in [-0.4, -0.2) is 38.8 Å². The largest absolute Gasteiger partial charge is 0.490 e. The Morgan fingerprint density at radius 3 is 2.40 bits per heavy atom. The summed E-state index contributed by atoms with van der Waals surface area (Å²) in [5, 5.41) is 3.00. The number of nitrogens with zero attached hydrogens (tertiary/aromatic N) is 1. The fourth-order valence-corrected chi connectivity index (χ4v) is 3.74. The molecule has 1 aliphatic rings. The zero-order valence-corrected chi connectivity index (χ0v) is 18.2. The summed E-state index contributed by atoms with van der Waals surface area (Å²) >= 11 is 0. The van der Waals surface area contributed by atoms with Gasteiger partial charge >= 0.3 is 0 Å². The topological polar surface area (TPSA) is 64.9 Å². The second kappa shape index (κ2) is 11.4. The summed E-state index contributed by atoms with van der Waals surface area (Å²) in [5.74, 6) is 2.53. The molecule has 1 aromatic heterocycles. The highest BCUT2D eigenvalue weighted by Crippen LogP contribution is 2.28. The fourth-order valence-electron chi connectivity index (χ4n) is 3.74. The van der Waals surface area contributed by atoms with Gasteiger partial charge < -0.3 is 14.8 Å². The van der Waals surface area contributed by atoms with Crippen molar-refractivity contribution in [1.29, 1.82) is 0 Å². The molecule has 30 heavy (non-hydrogen) atoms. The van der Waals surface area contributed by atoms with Crippen molar-refractivity contribution in [2.24, 2.45) is 0 Å². The molecule has 1 aliphatic heterocycles. The van der Waals surface area contributed by atoms with Gasteiger partial charge in [0.2, 0.25) is 0 Å². The van der Waals surface area contributed by atoms with Gasteiger partial charge in [0.1, 0.15) is 6.20 Å². The molecule has 2 N–H and O–H groups in total. The molecule has 1 saturated heterocycles. The molecule has 1 aromatic carbocycles. The SMILES string of the molecule is CCOc1ccc(CCNC(=O)c2ccc(N3CCCCCC3)[nH+]c2)cc1OCC. The lowest BCUT2D eigenvalue weighted by atomic mass is 10.1. The highest BCUT2D eigenvalue weighted by molar-refractivity contribution is 5.93. The van der Waals surface area contributed by atoms with Crippen LogP contribution in [0.5, 0.6) is 11.5 Å². The molecule has 0 atom stereocenters. The maximum Gasteiger partial charge on any atom is 0.274 e. The lowest BCUT2D eigenvalue weighted by Crippen LogP contribution is -2.31. The molecule has 162 valence electrons. The number of aromatic amines is 1. The Bertz CT molecular complexity index is 800. The van der Waals surface area contributed by atoms with Gasteiger partial charge in [-0.1, -0.05) is 6.07 Å². The van der Waals surface area contributed by atoms with E-state index in [0.29, 0.717) is 25.3 Å². The summed E-state index contributed by atoms with van der Waals surface area (Å²) in [6.07, 6.45) is 7.60. The van der Waals surface area contributed by atoms with Gasteiger partial charge in [0.25, 0.3) is 11.7 Å². The molecule has 0 saturated carbocycles. The number of rotatable bonds is 9. The number of carbonyl (C=O) groups is 1. The number of carbonyl (C=O) groups excluding carboxylic acids is 1. The highest BCUT2D eigenvalue weighted by Gasteiger charge is 2.18. The van der Waals surface area contributed by atoms with Gasteiger partial charge in [-0.2, -0.15) is 0 Å². The van der Waals surface area contributed by atoms with Crippen molar-refractivity contribution in [2.75, 3.05) is 37.7 Å². The summed E-state index contributed by atoms with van der Waals surface area (Å²) < 4.78 is 11.3. The summed E-state index contributed by atoms with van der Waals surface area (Å²) in [7, 11) is 0. The van der Waals surface area contributed by atoms with Crippen LogP contribution in [0.2, 0.25) is 0 Å². The van der Waals surface area contributed by atoms with Gasteiger partial charge in [-0.05, 0) is 69.7 Å². The summed E-state index contributed by atoms with van der Waals surface area (Å²) in [6, 6.07) is 9.85. The molecule has 0 unspecified atom stereocenters. The molecule has 0 bridgehead atoms. The first kappa shape index (κ1) is 21.9. The Morgan fingerprint density at radius 2 is 1.73 bits per heavy atom. The zero-order chi connectivity index (χ0) is 21.2. The van der Waals surface area contributed by atoms with Gasteiger partial charge in [0, 0.05) is 12.6 Å². The molecule has 2 aromatic rings. The molecular formula is C24H34N3O3+. The average Bonchev–Trinajstić information content (AvgIpc) is 3.05. The molecule has 1 fully saturated rings. The molecule has 1 amide bonds. The third kappa shape index (κ3) is 6.12. The van der Waals surface area contributed by atoms with Crippen molar-refractivity contribution in [3.05, 3.63) is 47.7 Å². The Morgan fingerprint density at radius 1 is 1.00 bits per heavy atom. The first-order valence-corrected chi connectivity index (χ1v) is 11.1. The van der Waals surface area contributed by atoms with Crippen molar-refractivity contribution in [1.82, 2.24) is 5.32 Å². The summed E-state index contributed by atoms with van der Waals surface area (Å²) in [5.41, 5.74) is 1.75. The molecule has 3 rings (SSSR count). The monoisotopic (exact) mass is 412 g/mol. The highest BCUT2D eigenvalue weighted by atomic mass is 16.5. The van der Waals surface area contributed by atoms with Gasteiger partial charge in [-0.25, -0.2) is 4.98 Å². The maximum atomic E-state index is 12.5. The van der Waals surface area contributed by atoms with Crippen LogP contribution in [-0.2, 0) is 6.42 Å². The number of pyridine rings is 1. The van der Waals surface area contributed by atoms with E-state index >= 15 is 0 Å². The van der Waals surface area contributed by atoms with E-state index in [-0.39, 0.29) is 5.91 Å². The standard InChI is InChI=1S/C24H33N3O3/c1-3-29-21-11-9-19(17-22(21)30-4-2)13-14-25-24(28)20-10-12-23(26-18-20)27-15-7-5-6-8-16-27/h9-12,17-18H,3-8,13-16H2,1-2H3,(H,25,28)/p+1. The normalized spacial score (nSPS) is 14.1. The first-order valence-electron chi connectivity index (χ1n) is 11.1. The van der Waals surface area contributed by atoms with E-state index in [9.17, 15) is 4.79 Å². The Hall–Kier alpha value is -2.76. The van der Waals surface area contributed by atoms with E-state index in [1.807, 2.05) is 44.2 Å². The van der Waals surface area contributed by atoms with Crippen LogP contribution in [0.1, 0.15) is 55.5 Å². The minimum atomic E-state index is -0.0652. The van der Waals surface area contributed by atoms with Crippen LogP contribution in [0.3, 0.4) is 0 Å². The van der Waals surface area contributed by atoms with Crippen molar-refractivity contribution >= 4 is 11.7 Å². The van der Waals surface area contributed by atoms with E-state index in [1.165, 1.54) is 25.7 Å². The Kier molecular flexibility index (Phi) is 8.36. The van der Waals surface area contributed by atoms with Gasteiger partial charge in [-0.15, -0.1) is 0 Å². The van der Waals surface area contributed by atoms with Crippen molar-refractivity contribution in [2.45, 2.75) is 46.0 Å². The van der Waals surface area contributed by atoms with E-state index in [2.05, 4.69) is 15.2 Å². The van der Waals surface area contributed by atoms with Crippen LogP contribution in [0.15, 0.2) is 36.5 Å². The van der Waals surface area contributed by atoms with Crippen LogP contribution < -0.4 is 24.7 Å². The number of anilines is 1. The van der Waals surface area contributed by atoms with Gasteiger partial charge in [0.15, 0.2) is 11.5 Å². The zero-order valence-electron chi connectivity index (χ0n) is 18.2. The number of benzene rings is 1. The smallest absolute Gasteiger partial charge is 0.274 e. The third-order valence-electron chi connectivity index (χ3n) is 5.31. The molecule has 0 radical (unpaired) electrons. The van der Waals surface area contributed by atoms with E-state index in [0.717, 1.165) is 42.4 Å². The van der Waals surface area contributed by atoms with E-state index < -0.39 is 0 Å². The predicted octanol–water partition coefficient (Wildman–Crippen LogP) is 3.65. The minimum Gasteiger partial charge on any atom is -0.490 e. The number of amides is 1. The fraction of sp³-hybridized carbons (Fsp3) is 0.500. The van der Waals surface area contributed by atoms with E-state index in [1.54, 1.807) is 6.20 Å². The second-order valence-electron chi connectivity index (χ2n) is 7.52. The lowest BCUT2D eigenvalue weighted by molar-refractivity contribution is -0.364. The third-order valence-corrected chi connectivity index (χ3v) is 5.31. The van der Waals surface area contributed by atoms with Crippen molar-refractivity contribution < 1.29 is 19.3 Å². The maximum absolute atomic E-state index is 12.5. The summed E-state index contributed by atoms with van der Waals surface area (Å²) in [6.45, 7) is 7.82. The Labute approximate surface area is 179 Å². The second-order valence-corrected chi connectivity index (χ2v) is 7.52. The minimum absolute atomic E-state index is 0.0652. The van der Waals surface area contributed by atoms with Crippen LogP contribution in [0.4, 0.5) is 5.82 Å². The van der Waals surface area contributed by atoms with Crippen LogP contribution >= 0.6 is 0 Å². The quantitative estimate of drug-likeness (QED) is 0.683. The van der Waals surface area contributed by atoms with Crippen molar-refractivity contribution in [3.8, 4) is 11.5 Å². The van der Waals surface area contributed by atoms with Crippen LogP contribution in [0.25, 0.3) is 0 Å². The molecular weight excluding hydrogens is 378 g/mol. The number of hydrogen-bond donors (Lipinski definition) is 1. The number of aromatic nitrogens is 1. The average molecular weight is 413 g/mol. The first-order chi connectivity index (χ1) is 14.7. The molecule has 0 aliphatic carbocycles. The van der Waals surface area contributed by atoms with E-state index in [4.69, 9.17) is 9.47 Å². The molecule has 6 heteroatoms. The predicted molar refractivity (Wildman–Crippen MR) is 118 cm³/mol. The number of H-pyrrole nitrogens is 1. The summed E-state index contributed by atoms with van der Waals surface area (Å²) in [4.78, 5) is 18.2.